The summed E-state index contributed by atoms with van der Waals surface area (Å²) in [6, 6.07) is 11.1. The highest BCUT2D eigenvalue weighted by atomic mass is 19.1. The van der Waals surface area contributed by atoms with E-state index in [0.717, 1.165) is 24.1 Å². The quantitative estimate of drug-likeness (QED) is 0.421. The van der Waals surface area contributed by atoms with Gasteiger partial charge in [-0.05, 0) is 56.2 Å². The first-order valence-electron chi connectivity index (χ1n) is 11.3. The molecule has 1 atom stereocenters. The number of hydrogen-bond donors (Lipinski definition) is 0. The van der Waals surface area contributed by atoms with Gasteiger partial charge in [-0.1, -0.05) is 0 Å². The van der Waals surface area contributed by atoms with E-state index in [0.29, 0.717) is 41.8 Å². The van der Waals surface area contributed by atoms with Gasteiger partial charge in [0, 0.05) is 54.9 Å². The Morgan fingerprint density at radius 2 is 1.86 bits per heavy atom. The smallest absolute Gasteiger partial charge is 0.255 e. The number of amides is 1. The number of carbonyl (C=O) groups is 1. The second kappa shape index (κ2) is 9.92. The monoisotopic (exact) mass is 470 g/mol. The van der Waals surface area contributed by atoms with Crippen LogP contribution in [0.1, 0.15) is 40.6 Å². The minimum absolute atomic E-state index is 0.0168. The maximum atomic E-state index is 13.2. The van der Waals surface area contributed by atoms with Crippen LogP contribution in [-0.2, 0) is 0 Å². The van der Waals surface area contributed by atoms with Crippen molar-refractivity contribution in [3.05, 3.63) is 90.3 Å². The predicted molar refractivity (Wildman–Crippen MR) is 126 cm³/mol. The summed E-state index contributed by atoms with van der Waals surface area (Å²) in [7, 11) is 0. The number of aryl methyl sites for hydroxylation is 1. The predicted octanol–water partition coefficient (Wildman–Crippen LogP) is 4.59. The Bertz CT molecular complexity index is 1320. The SMILES string of the molecule is Cc1cc(Oc2ccc(F)cc2)nc([C@@H]2CCCN(C(=O)c3ccc(-c4cncnc4)nc3)C2)n1. The van der Waals surface area contributed by atoms with Gasteiger partial charge in [-0.15, -0.1) is 0 Å². The first-order valence-corrected chi connectivity index (χ1v) is 11.3. The van der Waals surface area contributed by atoms with E-state index in [2.05, 4.69) is 24.9 Å². The summed E-state index contributed by atoms with van der Waals surface area (Å²) in [6.45, 7) is 3.04. The molecule has 1 fully saturated rings. The molecule has 176 valence electrons. The molecule has 0 spiro atoms. The Morgan fingerprint density at radius 3 is 2.60 bits per heavy atom. The molecule has 0 unspecified atom stereocenters. The number of carbonyl (C=O) groups excluding carboxylic acids is 1. The number of halogens is 1. The van der Waals surface area contributed by atoms with Gasteiger partial charge in [0.1, 0.15) is 23.7 Å². The zero-order valence-corrected chi connectivity index (χ0v) is 19.1. The summed E-state index contributed by atoms with van der Waals surface area (Å²) in [5.41, 5.74) is 2.79. The molecule has 1 amide bonds. The molecule has 9 heteroatoms. The van der Waals surface area contributed by atoms with E-state index in [1.807, 2.05) is 11.8 Å². The maximum Gasteiger partial charge on any atom is 0.255 e. The lowest BCUT2D eigenvalue weighted by Gasteiger charge is -2.32. The third kappa shape index (κ3) is 5.29. The van der Waals surface area contributed by atoms with Crippen LogP contribution in [0.4, 0.5) is 4.39 Å². The van der Waals surface area contributed by atoms with E-state index in [1.165, 1.54) is 18.5 Å². The largest absolute Gasteiger partial charge is 0.439 e. The van der Waals surface area contributed by atoms with Gasteiger partial charge < -0.3 is 9.64 Å². The van der Waals surface area contributed by atoms with Crippen LogP contribution in [0.25, 0.3) is 11.3 Å². The number of pyridine rings is 1. The highest BCUT2D eigenvalue weighted by Crippen LogP contribution is 2.28. The zero-order chi connectivity index (χ0) is 24.2. The minimum atomic E-state index is -0.331. The van der Waals surface area contributed by atoms with Crippen LogP contribution in [0.15, 0.2) is 67.4 Å². The second-order valence-corrected chi connectivity index (χ2v) is 8.41. The standard InChI is InChI=1S/C26H23FN6O2/c1-17-11-24(35-22-7-5-21(27)6-8-22)32-25(31-17)19-3-2-10-33(15-19)26(34)18-4-9-23(30-14-18)20-12-28-16-29-13-20/h4-9,11-14,16,19H,2-3,10,15H2,1H3/t19-/m1/s1. The van der Waals surface area contributed by atoms with Crippen LogP contribution in [-0.4, -0.2) is 48.8 Å². The van der Waals surface area contributed by atoms with Crippen molar-refractivity contribution in [1.82, 2.24) is 29.8 Å². The molecule has 1 aromatic carbocycles. The molecule has 0 radical (unpaired) electrons. The van der Waals surface area contributed by atoms with Crippen LogP contribution in [0.5, 0.6) is 11.6 Å². The molecule has 5 rings (SSSR count). The van der Waals surface area contributed by atoms with Crippen molar-refractivity contribution in [2.45, 2.75) is 25.7 Å². The van der Waals surface area contributed by atoms with Gasteiger partial charge in [0.25, 0.3) is 5.91 Å². The van der Waals surface area contributed by atoms with E-state index < -0.39 is 0 Å². The fourth-order valence-corrected chi connectivity index (χ4v) is 4.10. The van der Waals surface area contributed by atoms with Crippen molar-refractivity contribution in [2.75, 3.05) is 13.1 Å². The molecule has 3 aromatic heterocycles. The van der Waals surface area contributed by atoms with Crippen molar-refractivity contribution < 1.29 is 13.9 Å². The van der Waals surface area contributed by atoms with Crippen LogP contribution in [0.2, 0.25) is 0 Å². The molecule has 4 heterocycles. The summed E-state index contributed by atoms with van der Waals surface area (Å²) in [5, 5.41) is 0. The molecule has 8 nitrogen and oxygen atoms in total. The van der Waals surface area contributed by atoms with E-state index in [-0.39, 0.29) is 17.6 Å². The Balaban J connectivity index is 1.30. The van der Waals surface area contributed by atoms with Gasteiger partial charge in [0.05, 0.1) is 11.3 Å². The molecular formula is C26H23FN6O2. The van der Waals surface area contributed by atoms with Crippen LogP contribution in [0, 0.1) is 12.7 Å². The van der Waals surface area contributed by atoms with E-state index in [9.17, 15) is 9.18 Å². The minimum Gasteiger partial charge on any atom is -0.439 e. The van der Waals surface area contributed by atoms with Crippen LogP contribution < -0.4 is 4.74 Å². The number of aromatic nitrogens is 5. The van der Waals surface area contributed by atoms with Crippen molar-refractivity contribution in [2.24, 2.45) is 0 Å². The number of rotatable bonds is 5. The van der Waals surface area contributed by atoms with Gasteiger partial charge in [-0.3, -0.25) is 9.78 Å². The van der Waals surface area contributed by atoms with E-state index in [4.69, 9.17) is 4.74 Å². The topological polar surface area (TPSA) is 94.0 Å². The van der Waals surface area contributed by atoms with Crippen molar-refractivity contribution >= 4 is 5.91 Å². The van der Waals surface area contributed by atoms with Crippen molar-refractivity contribution in [3.63, 3.8) is 0 Å². The van der Waals surface area contributed by atoms with Gasteiger partial charge in [-0.25, -0.2) is 19.3 Å². The average Bonchev–Trinajstić information content (AvgIpc) is 2.90. The van der Waals surface area contributed by atoms with Gasteiger partial charge >= 0.3 is 0 Å². The van der Waals surface area contributed by atoms with Gasteiger partial charge in [-0.2, -0.15) is 4.98 Å². The summed E-state index contributed by atoms with van der Waals surface area (Å²) >= 11 is 0. The third-order valence-corrected chi connectivity index (χ3v) is 5.82. The van der Waals surface area contributed by atoms with Crippen LogP contribution >= 0.6 is 0 Å². The highest BCUT2D eigenvalue weighted by molar-refractivity contribution is 5.94. The Hall–Kier alpha value is -4.27. The molecule has 1 aliphatic heterocycles. The molecule has 0 saturated carbocycles. The number of nitrogens with zero attached hydrogens (tertiary/aromatic N) is 6. The normalized spacial score (nSPS) is 15.6. The van der Waals surface area contributed by atoms with Crippen LogP contribution in [0.3, 0.4) is 0 Å². The molecule has 1 aliphatic rings. The average molecular weight is 471 g/mol. The number of piperidine rings is 1. The summed E-state index contributed by atoms with van der Waals surface area (Å²) in [6.07, 6.45) is 8.13. The summed E-state index contributed by atoms with van der Waals surface area (Å²) in [4.78, 5) is 36.7. The fraction of sp³-hybridized carbons (Fsp3) is 0.231. The molecule has 4 aromatic rings. The number of hydrogen-bond acceptors (Lipinski definition) is 7. The Labute approximate surface area is 201 Å². The van der Waals surface area contributed by atoms with E-state index >= 15 is 0 Å². The molecular weight excluding hydrogens is 447 g/mol. The lowest BCUT2D eigenvalue weighted by Crippen LogP contribution is -2.39. The summed E-state index contributed by atoms with van der Waals surface area (Å²) in [5.74, 6) is 1.10. The molecule has 0 bridgehead atoms. The molecule has 35 heavy (non-hydrogen) atoms. The Kier molecular flexibility index (Phi) is 6.38. The molecule has 0 aliphatic carbocycles. The van der Waals surface area contributed by atoms with Crippen molar-refractivity contribution in [3.8, 4) is 22.9 Å². The zero-order valence-electron chi connectivity index (χ0n) is 19.1. The second-order valence-electron chi connectivity index (χ2n) is 8.41. The lowest BCUT2D eigenvalue weighted by molar-refractivity contribution is 0.0704. The molecule has 0 N–H and O–H groups in total. The number of ether oxygens (including phenoxy) is 1. The fourth-order valence-electron chi connectivity index (χ4n) is 4.10. The van der Waals surface area contributed by atoms with Crippen molar-refractivity contribution in [1.29, 1.82) is 0 Å². The van der Waals surface area contributed by atoms with Gasteiger partial charge in [0.2, 0.25) is 5.88 Å². The lowest BCUT2D eigenvalue weighted by atomic mass is 9.96. The highest BCUT2D eigenvalue weighted by Gasteiger charge is 2.28. The maximum absolute atomic E-state index is 13.2. The first kappa shape index (κ1) is 22.5. The Morgan fingerprint density at radius 1 is 1.06 bits per heavy atom. The molecule has 1 saturated heterocycles. The third-order valence-electron chi connectivity index (χ3n) is 5.82. The first-order chi connectivity index (χ1) is 17.0. The number of likely N-dealkylation sites (tertiary alicyclic amines) is 1. The van der Waals surface area contributed by atoms with E-state index in [1.54, 1.807) is 48.9 Å². The number of benzene rings is 1. The summed E-state index contributed by atoms with van der Waals surface area (Å²) < 4.78 is 19.0. The van der Waals surface area contributed by atoms with Gasteiger partial charge in [0.15, 0.2) is 0 Å².